The van der Waals surface area contributed by atoms with E-state index in [4.69, 9.17) is 4.74 Å². The van der Waals surface area contributed by atoms with Crippen LogP contribution in [0.5, 0.6) is 0 Å². The number of carbonyl (C=O) groups is 1. The van der Waals surface area contributed by atoms with Gasteiger partial charge in [0.05, 0.1) is 18.0 Å². The Balaban J connectivity index is 1.49. The third-order valence-corrected chi connectivity index (χ3v) is 7.53. The van der Waals surface area contributed by atoms with Crippen LogP contribution in [0.2, 0.25) is 0 Å². The van der Waals surface area contributed by atoms with Gasteiger partial charge in [0.2, 0.25) is 0 Å². The molecule has 1 unspecified atom stereocenters. The van der Waals surface area contributed by atoms with Crippen molar-refractivity contribution in [1.29, 1.82) is 0 Å². The Bertz CT molecular complexity index is 1040. The number of hydrogen-bond donors (Lipinski definition) is 0. The van der Waals surface area contributed by atoms with Gasteiger partial charge in [-0.2, -0.15) is 0 Å². The lowest BCUT2D eigenvalue weighted by atomic mass is 9.73. The molecule has 0 N–H and O–H groups in total. The summed E-state index contributed by atoms with van der Waals surface area (Å²) in [5, 5.41) is 3.06. The first kappa shape index (κ1) is 19.5. The van der Waals surface area contributed by atoms with Crippen molar-refractivity contribution in [1.82, 2.24) is 9.88 Å². The van der Waals surface area contributed by atoms with Gasteiger partial charge >= 0.3 is 5.97 Å². The molecular weight excluding hydrogens is 392 g/mol. The molecule has 6 rings (SSSR count). The van der Waals surface area contributed by atoms with Gasteiger partial charge < -0.3 is 4.74 Å². The van der Waals surface area contributed by atoms with E-state index in [0.717, 1.165) is 40.9 Å². The number of esters is 1. The number of para-hydroxylation sites is 1. The van der Waals surface area contributed by atoms with Crippen LogP contribution >= 0.6 is 11.3 Å². The van der Waals surface area contributed by atoms with Crippen molar-refractivity contribution in [3.05, 3.63) is 77.1 Å². The first-order valence-electron chi connectivity index (χ1n) is 10.6. The molecule has 3 aliphatic heterocycles. The summed E-state index contributed by atoms with van der Waals surface area (Å²) in [6.07, 6.45) is 6.19. The van der Waals surface area contributed by atoms with Crippen molar-refractivity contribution in [3.63, 3.8) is 0 Å². The summed E-state index contributed by atoms with van der Waals surface area (Å²) < 4.78 is 6.25. The van der Waals surface area contributed by atoms with Crippen molar-refractivity contribution in [2.45, 2.75) is 31.4 Å². The number of benzene rings is 1. The fourth-order valence-electron chi connectivity index (χ4n) is 5.15. The molecule has 5 heterocycles. The van der Waals surface area contributed by atoms with Gasteiger partial charge in [-0.1, -0.05) is 30.3 Å². The van der Waals surface area contributed by atoms with Crippen molar-refractivity contribution in [3.8, 4) is 0 Å². The Labute approximate surface area is 181 Å². The molecule has 0 amide bonds. The number of rotatable bonds is 6. The van der Waals surface area contributed by atoms with E-state index >= 15 is 0 Å². The molecule has 1 aromatic carbocycles. The Morgan fingerprint density at radius 1 is 1.30 bits per heavy atom. The van der Waals surface area contributed by atoms with E-state index in [0.29, 0.717) is 18.3 Å². The van der Waals surface area contributed by atoms with Gasteiger partial charge in [0, 0.05) is 28.6 Å². The van der Waals surface area contributed by atoms with Crippen LogP contribution < -0.4 is 0 Å². The molecule has 0 radical (unpaired) electrons. The molecule has 0 spiro atoms. The normalized spacial score (nSPS) is 26.4. The minimum absolute atomic E-state index is 0.161. The SMILES string of the molecule is C=C[C@H]1CN2CC[C@H]1C[C@@H]2[C@@H](OC(=O)Cc1cccs1)c1ccnc2ccccc12. The Kier molecular flexibility index (Phi) is 5.40. The number of thiophene rings is 1. The van der Waals surface area contributed by atoms with E-state index in [1.807, 2.05) is 48.0 Å². The fraction of sp³-hybridized carbons (Fsp3) is 0.360. The lowest BCUT2D eigenvalue weighted by Crippen LogP contribution is -2.55. The minimum atomic E-state index is -0.293. The lowest BCUT2D eigenvalue weighted by Gasteiger charge is -2.51. The highest BCUT2D eigenvalue weighted by Gasteiger charge is 2.44. The predicted molar refractivity (Wildman–Crippen MR) is 120 cm³/mol. The van der Waals surface area contributed by atoms with Crippen molar-refractivity contribution in [2.24, 2.45) is 11.8 Å². The predicted octanol–water partition coefficient (Wildman–Crippen LogP) is 5.02. The van der Waals surface area contributed by atoms with Crippen LogP contribution in [-0.2, 0) is 16.0 Å². The molecule has 3 fully saturated rings. The van der Waals surface area contributed by atoms with Crippen molar-refractivity contribution < 1.29 is 9.53 Å². The third-order valence-electron chi connectivity index (χ3n) is 6.65. The average Bonchev–Trinajstić information content (AvgIpc) is 3.30. The van der Waals surface area contributed by atoms with E-state index in [1.54, 1.807) is 11.3 Å². The molecular formula is C25H26N2O2S. The summed E-state index contributed by atoms with van der Waals surface area (Å²) in [7, 11) is 0. The maximum atomic E-state index is 12.9. The van der Waals surface area contributed by atoms with Gasteiger partial charge in [-0.25, -0.2) is 0 Å². The second kappa shape index (κ2) is 8.32. The van der Waals surface area contributed by atoms with Gasteiger partial charge in [0.25, 0.3) is 0 Å². The second-order valence-corrected chi connectivity index (χ2v) is 9.36. The molecule has 5 heteroatoms. The molecule has 154 valence electrons. The molecule has 3 aliphatic rings. The highest BCUT2D eigenvalue weighted by molar-refractivity contribution is 7.10. The summed E-state index contributed by atoms with van der Waals surface area (Å²) in [6, 6.07) is 14.3. The van der Waals surface area contributed by atoms with Crippen molar-refractivity contribution >= 4 is 28.2 Å². The minimum Gasteiger partial charge on any atom is -0.455 e. The number of fused-ring (bicyclic) bond motifs is 4. The smallest absolute Gasteiger partial charge is 0.311 e. The van der Waals surface area contributed by atoms with Crippen molar-refractivity contribution in [2.75, 3.05) is 13.1 Å². The Morgan fingerprint density at radius 2 is 2.20 bits per heavy atom. The summed E-state index contributed by atoms with van der Waals surface area (Å²) in [6.45, 7) is 6.10. The summed E-state index contributed by atoms with van der Waals surface area (Å²) in [5.74, 6) is 0.988. The molecule has 0 aliphatic carbocycles. The summed E-state index contributed by atoms with van der Waals surface area (Å²) in [4.78, 5) is 21.0. The van der Waals surface area contributed by atoms with Crippen LogP contribution in [0.4, 0.5) is 0 Å². The lowest BCUT2D eigenvalue weighted by molar-refractivity contribution is -0.156. The summed E-state index contributed by atoms with van der Waals surface area (Å²) >= 11 is 1.60. The van der Waals surface area contributed by atoms with Crippen LogP contribution in [0.3, 0.4) is 0 Å². The van der Waals surface area contributed by atoms with E-state index < -0.39 is 0 Å². The average molecular weight is 419 g/mol. The zero-order chi connectivity index (χ0) is 20.5. The quantitative estimate of drug-likeness (QED) is 0.416. The second-order valence-electron chi connectivity index (χ2n) is 8.33. The molecule has 0 saturated carbocycles. The number of nitrogens with zero attached hydrogens (tertiary/aromatic N) is 2. The van der Waals surface area contributed by atoms with Gasteiger partial charge in [-0.15, -0.1) is 17.9 Å². The van der Waals surface area contributed by atoms with Crippen LogP contribution in [0.15, 0.2) is 66.7 Å². The van der Waals surface area contributed by atoms with E-state index in [9.17, 15) is 4.79 Å². The number of ether oxygens (including phenoxy) is 1. The van der Waals surface area contributed by atoms with Gasteiger partial charge in [0.15, 0.2) is 0 Å². The van der Waals surface area contributed by atoms with E-state index in [-0.39, 0.29) is 18.1 Å². The van der Waals surface area contributed by atoms with Crippen LogP contribution in [0, 0.1) is 11.8 Å². The highest BCUT2D eigenvalue weighted by Crippen LogP contribution is 2.43. The first-order valence-corrected chi connectivity index (χ1v) is 11.5. The van der Waals surface area contributed by atoms with E-state index in [2.05, 4.69) is 28.6 Å². The number of piperidine rings is 3. The zero-order valence-electron chi connectivity index (χ0n) is 16.9. The third kappa shape index (κ3) is 3.68. The summed E-state index contributed by atoms with van der Waals surface area (Å²) in [5.41, 5.74) is 2.00. The molecule has 3 saturated heterocycles. The number of aromatic nitrogens is 1. The first-order chi connectivity index (χ1) is 14.7. The molecule has 3 aromatic rings. The Morgan fingerprint density at radius 3 is 2.97 bits per heavy atom. The van der Waals surface area contributed by atoms with Gasteiger partial charge in [0.1, 0.15) is 6.10 Å². The van der Waals surface area contributed by atoms with Gasteiger partial charge in [-0.3, -0.25) is 14.7 Å². The standard InChI is InChI=1S/C25H26N2O2S/c1-2-17-16-27-12-10-18(17)14-23(27)25(29-24(28)15-19-6-5-13-30-19)21-9-11-26-22-8-4-3-7-20(21)22/h2-9,11,13,17-18,23,25H,1,10,12,14-16H2/t17-,18-,23+,25-/m0/s1. The number of carbonyl (C=O) groups excluding carboxylic acids is 1. The topological polar surface area (TPSA) is 42.4 Å². The molecule has 2 aromatic heterocycles. The van der Waals surface area contributed by atoms with Crippen LogP contribution in [0.25, 0.3) is 10.9 Å². The monoisotopic (exact) mass is 418 g/mol. The largest absolute Gasteiger partial charge is 0.455 e. The molecule has 4 nitrogen and oxygen atoms in total. The molecule has 30 heavy (non-hydrogen) atoms. The number of hydrogen-bond acceptors (Lipinski definition) is 5. The molecule has 5 atom stereocenters. The highest BCUT2D eigenvalue weighted by atomic mass is 32.1. The van der Waals surface area contributed by atoms with Gasteiger partial charge in [-0.05, 0) is 54.8 Å². The van der Waals surface area contributed by atoms with E-state index in [1.165, 1.54) is 6.42 Å². The molecule has 2 bridgehead atoms. The van der Waals surface area contributed by atoms with Crippen LogP contribution in [0.1, 0.15) is 29.4 Å². The van der Waals surface area contributed by atoms with Crippen LogP contribution in [-0.4, -0.2) is 35.0 Å². The fourth-order valence-corrected chi connectivity index (χ4v) is 5.84. The Hall–Kier alpha value is -2.50. The maximum absolute atomic E-state index is 12.9. The zero-order valence-corrected chi connectivity index (χ0v) is 17.8. The number of pyridine rings is 1. The maximum Gasteiger partial charge on any atom is 0.311 e.